The molecule has 0 bridgehead atoms. The molecule has 0 atom stereocenters. The predicted molar refractivity (Wildman–Crippen MR) is 62.4 cm³/mol. The molecule has 0 radical (unpaired) electrons. The largest absolute Gasteiger partial charge is 0.435 e. The second kappa shape index (κ2) is 5.03. The third-order valence-electron chi connectivity index (χ3n) is 2.50. The van der Waals surface area contributed by atoms with Crippen LogP contribution in [0.3, 0.4) is 0 Å². The molecule has 96 valence electrons. The zero-order chi connectivity index (χ0) is 13.1. The summed E-state index contributed by atoms with van der Waals surface area (Å²) in [4.78, 5) is 0. The average molecular weight is 254 g/mol. The molecule has 1 aromatic carbocycles. The van der Waals surface area contributed by atoms with E-state index in [4.69, 9.17) is 10.3 Å². The van der Waals surface area contributed by atoms with Crippen molar-refractivity contribution < 1.29 is 18.0 Å². The Bertz CT molecular complexity index is 541. The van der Waals surface area contributed by atoms with Crippen LogP contribution in [-0.2, 0) is 6.42 Å². The fourth-order valence-corrected chi connectivity index (χ4v) is 1.71. The van der Waals surface area contributed by atoms with Crippen LogP contribution in [0.1, 0.15) is 12.5 Å². The molecule has 0 aliphatic heterocycles. The number of benzene rings is 1. The molecule has 4 nitrogen and oxygen atoms in total. The number of hydrogen-bond acceptors (Lipinski definition) is 4. The van der Waals surface area contributed by atoms with E-state index in [-0.39, 0.29) is 11.6 Å². The highest BCUT2D eigenvalue weighted by Gasteiger charge is 2.14. The summed E-state index contributed by atoms with van der Waals surface area (Å²) in [5.74, 6) is 0.318. The summed E-state index contributed by atoms with van der Waals surface area (Å²) < 4.78 is 33.5. The Balaban J connectivity index is 2.38. The minimum Gasteiger partial charge on any atom is -0.435 e. The van der Waals surface area contributed by atoms with Crippen LogP contribution in [0.15, 0.2) is 28.8 Å². The molecule has 6 heteroatoms. The molecule has 2 N–H and O–H groups in total. The number of nitrogens with zero attached hydrogens (tertiary/aromatic N) is 1. The van der Waals surface area contributed by atoms with Gasteiger partial charge in [-0.05, 0) is 18.6 Å². The standard InChI is InChI=1S/C12H12F2N2O2/c1-2-9-10(16-18-11(9)15)7-4-3-5-8(6-7)17-12(13)14/h3-6,12H,2,15H2,1H3. The highest BCUT2D eigenvalue weighted by molar-refractivity contribution is 5.68. The van der Waals surface area contributed by atoms with Crippen molar-refractivity contribution in [1.82, 2.24) is 5.16 Å². The molecule has 1 aromatic heterocycles. The van der Waals surface area contributed by atoms with E-state index < -0.39 is 6.61 Å². The Labute approximate surface area is 102 Å². The molecule has 0 saturated heterocycles. The van der Waals surface area contributed by atoms with E-state index in [1.54, 1.807) is 12.1 Å². The molecule has 0 aliphatic rings. The second-order valence-electron chi connectivity index (χ2n) is 3.63. The molecule has 0 aliphatic carbocycles. The first-order valence-electron chi connectivity index (χ1n) is 5.41. The van der Waals surface area contributed by atoms with Gasteiger partial charge in [0.1, 0.15) is 11.4 Å². The maximum atomic E-state index is 12.1. The Morgan fingerprint density at radius 2 is 2.22 bits per heavy atom. The van der Waals surface area contributed by atoms with Gasteiger partial charge in [-0.1, -0.05) is 24.2 Å². The lowest BCUT2D eigenvalue weighted by atomic mass is 10.1. The van der Waals surface area contributed by atoms with E-state index in [1.165, 1.54) is 12.1 Å². The molecule has 2 rings (SSSR count). The van der Waals surface area contributed by atoms with Crippen molar-refractivity contribution in [3.8, 4) is 17.0 Å². The lowest BCUT2D eigenvalue weighted by molar-refractivity contribution is -0.0498. The minimum absolute atomic E-state index is 0.0751. The average Bonchev–Trinajstić information content (AvgIpc) is 2.70. The van der Waals surface area contributed by atoms with Crippen molar-refractivity contribution in [2.24, 2.45) is 0 Å². The number of aromatic nitrogens is 1. The third-order valence-corrected chi connectivity index (χ3v) is 2.50. The predicted octanol–water partition coefficient (Wildman–Crippen LogP) is 3.09. The number of anilines is 1. The third kappa shape index (κ3) is 2.42. The topological polar surface area (TPSA) is 61.3 Å². The van der Waals surface area contributed by atoms with Crippen molar-refractivity contribution in [1.29, 1.82) is 0 Å². The van der Waals surface area contributed by atoms with Crippen LogP contribution in [0, 0.1) is 0 Å². The van der Waals surface area contributed by atoms with Gasteiger partial charge in [0.05, 0.1) is 0 Å². The maximum Gasteiger partial charge on any atom is 0.387 e. The van der Waals surface area contributed by atoms with Gasteiger partial charge in [0, 0.05) is 11.1 Å². The first kappa shape index (κ1) is 12.3. The van der Waals surface area contributed by atoms with Gasteiger partial charge in [-0.25, -0.2) is 0 Å². The van der Waals surface area contributed by atoms with E-state index in [0.29, 0.717) is 17.7 Å². The molecule has 0 saturated carbocycles. The van der Waals surface area contributed by atoms with Crippen LogP contribution in [0.5, 0.6) is 5.75 Å². The van der Waals surface area contributed by atoms with Crippen molar-refractivity contribution in [3.63, 3.8) is 0 Å². The second-order valence-corrected chi connectivity index (χ2v) is 3.63. The number of halogens is 2. The molecule has 0 amide bonds. The molecule has 0 spiro atoms. The molecular formula is C12H12F2N2O2. The summed E-state index contributed by atoms with van der Waals surface area (Å²) >= 11 is 0. The van der Waals surface area contributed by atoms with Crippen LogP contribution in [0.2, 0.25) is 0 Å². The Hall–Kier alpha value is -2.11. The van der Waals surface area contributed by atoms with Crippen LogP contribution in [-0.4, -0.2) is 11.8 Å². The summed E-state index contributed by atoms with van der Waals surface area (Å²) in [5, 5.41) is 3.83. The highest BCUT2D eigenvalue weighted by Crippen LogP contribution is 2.30. The summed E-state index contributed by atoms with van der Waals surface area (Å²) in [5.41, 5.74) is 7.56. The Morgan fingerprint density at radius 1 is 1.44 bits per heavy atom. The van der Waals surface area contributed by atoms with E-state index >= 15 is 0 Å². The highest BCUT2D eigenvalue weighted by atomic mass is 19.3. The number of rotatable bonds is 4. The van der Waals surface area contributed by atoms with Crippen LogP contribution >= 0.6 is 0 Å². The molecule has 0 fully saturated rings. The van der Waals surface area contributed by atoms with E-state index in [1.807, 2.05) is 6.92 Å². The zero-order valence-corrected chi connectivity index (χ0v) is 9.69. The summed E-state index contributed by atoms with van der Waals surface area (Å²) in [6.45, 7) is -0.945. The van der Waals surface area contributed by atoms with Crippen LogP contribution < -0.4 is 10.5 Å². The SMILES string of the molecule is CCc1c(-c2cccc(OC(F)F)c2)noc1N. The summed E-state index contributed by atoms with van der Waals surface area (Å²) in [6.07, 6.45) is 0.643. The lowest BCUT2D eigenvalue weighted by Crippen LogP contribution is -2.01. The van der Waals surface area contributed by atoms with E-state index in [9.17, 15) is 8.78 Å². The van der Waals surface area contributed by atoms with Gasteiger partial charge in [-0.2, -0.15) is 8.78 Å². The molecular weight excluding hydrogens is 242 g/mol. The van der Waals surface area contributed by atoms with E-state index in [0.717, 1.165) is 5.56 Å². The van der Waals surface area contributed by atoms with Crippen molar-refractivity contribution in [2.75, 3.05) is 5.73 Å². The number of nitrogen functional groups attached to an aromatic ring is 1. The lowest BCUT2D eigenvalue weighted by Gasteiger charge is -2.05. The molecule has 18 heavy (non-hydrogen) atoms. The van der Waals surface area contributed by atoms with Crippen molar-refractivity contribution in [3.05, 3.63) is 29.8 Å². The summed E-state index contributed by atoms with van der Waals surface area (Å²) in [6, 6.07) is 6.26. The quantitative estimate of drug-likeness (QED) is 0.910. The van der Waals surface area contributed by atoms with Gasteiger partial charge < -0.3 is 15.0 Å². The normalized spacial score (nSPS) is 10.9. The fourth-order valence-electron chi connectivity index (χ4n) is 1.71. The summed E-state index contributed by atoms with van der Waals surface area (Å²) in [7, 11) is 0. The smallest absolute Gasteiger partial charge is 0.387 e. The Kier molecular flexibility index (Phi) is 3.45. The molecule has 2 aromatic rings. The van der Waals surface area contributed by atoms with Crippen LogP contribution in [0.4, 0.5) is 14.7 Å². The monoisotopic (exact) mass is 254 g/mol. The van der Waals surface area contributed by atoms with Gasteiger partial charge in [-0.3, -0.25) is 0 Å². The minimum atomic E-state index is -2.85. The van der Waals surface area contributed by atoms with Gasteiger partial charge in [0.15, 0.2) is 0 Å². The van der Waals surface area contributed by atoms with E-state index in [2.05, 4.69) is 9.89 Å². The number of nitrogens with two attached hydrogens (primary N) is 1. The van der Waals surface area contributed by atoms with Gasteiger partial charge in [0.25, 0.3) is 0 Å². The first-order chi connectivity index (χ1) is 8.61. The molecule has 1 heterocycles. The van der Waals surface area contributed by atoms with Crippen LogP contribution in [0.25, 0.3) is 11.3 Å². The van der Waals surface area contributed by atoms with Gasteiger partial charge in [0.2, 0.25) is 5.88 Å². The fraction of sp³-hybridized carbons (Fsp3) is 0.250. The van der Waals surface area contributed by atoms with Crippen molar-refractivity contribution in [2.45, 2.75) is 20.0 Å². The van der Waals surface area contributed by atoms with Gasteiger partial charge in [-0.15, -0.1) is 0 Å². The Morgan fingerprint density at radius 3 is 2.89 bits per heavy atom. The van der Waals surface area contributed by atoms with Gasteiger partial charge >= 0.3 is 6.61 Å². The maximum absolute atomic E-state index is 12.1. The zero-order valence-electron chi connectivity index (χ0n) is 9.69. The number of hydrogen-bond donors (Lipinski definition) is 1. The number of ether oxygens (including phenoxy) is 1. The number of alkyl halides is 2. The first-order valence-corrected chi connectivity index (χ1v) is 5.41. The molecule has 0 unspecified atom stereocenters. The van der Waals surface area contributed by atoms with Crippen molar-refractivity contribution >= 4 is 5.88 Å².